The Bertz CT molecular complexity index is 1000. The van der Waals surface area contributed by atoms with E-state index < -0.39 is 12.1 Å². The molecular formula is C23H19Br2NO3. The van der Waals surface area contributed by atoms with Crippen LogP contribution >= 0.6 is 31.9 Å². The third kappa shape index (κ3) is 4.68. The Kier molecular flexibility index (Phi) is 6.40. The molecular weight excluding hydrogens is 498 g/mol. The fourth-order valence-corrected chi connectivity index (χ4v) is 4.10. The number of allylic oxidation sites excluding steroid dienone is 1. The number of hydrogen-bond donors (Lipinski definition) is 0. The summed E-state index contributed by atoms with van der Waals surface area (Å²) in [6.45, 7) is 3.98. The zero-order valence-electron chi connectivity index (χ0n) is 15.9. The van der Waals surface area contributed by atoms with Crippen molar-refractivity contribution in [2.75, 3.05) is 0 Å². The minimum Gasteiger partial charge on any atom is -0.442 e. The number of esters is 1. The molecule has 3 atom stereocenters. The summed E-state index contributed by atoms with van der Waals surface area (Å²) in [5.74, 6) is -0.860. The fraction of sp³-hybridized carbons (Fsp3) is 0.261. The maximum Gasteiger partial charge on any atom is 0.311 e. The van der Waals surface area contributed by atoms with Crippen molar-refractivity contribution in [2.45, 2.75) is 20.0 Å². The first kappa shape index (κ1) is 21.5. The average Bonchev–Trinajstić information content (AvgIpc) is 3.25. The molecule has 1 aliphatic rings. The zero-order chi connectivity index (χ0) is 21.2. The molecule has 29 heavy (non-hydrogen) atoms. The second-order valence-corrected chi connectivity index (χ2v) is 10.3. The van der Waals surface area contributed by atoms with Gasteiger partial charge in [-0.1, -0.05) is 68.5 Å². The molecule has 0 bridgehead atoms. The van der Waals surface area contributed by atoms with Crippen LogP contribution in [0.15, 0.2) is 64.1 Å². The van der Waals surface area contributed by atoms with E-state index in [1.54, 1.807) is 48.5 Å². The summed E-state index contributed by atoms with van der Waals surface area (Å²) in [4.78, 5) is 25.4. The third-order valence-corrected chi connectivity index (χ3v) is 5.84. The van der Waals surface area contributed by atoms with Crippen LogP contribution in [0.25, 0.3) is 0 Å². The molecule has 1 unspecified atom stereocenters. The van der Waals surface area contributed by atoms with Crippen molar-refractivity contribution in [1.82, 2.24) is 0 Å². The maximum atomic E-state index is 12.7. The van der Waals surface area contributed by atoms with Crippen molar-refractivity contribution in [3.8, 4) is 6.07 Å². The van der Waals surface area contributed by atoms with Crippen molar-refractivity contribution in [3.63, 3.8) is 0 Å². The van der Waals surface area contributed by atoms with Gasteiger partial charge in [-0.3, -0.25) is 9.59 Å². The third-order valence-electron chi connectivity index (χ3n) is 5.31. The van der Waals surface area contributed by atoms with Gasteiger partial charge < -0.3 is 4.74 Å². The zero-order valence-corrected chi connectivity index (χ0v) is 19.1. The summed E-state index contributed by atoms with van der Waals surface area (Å²) in [5, 5.41) is 9.58. The van der Waals surface area contributed by atoms with Crippen LogP contribution in [-0.2, 0) is 9.53 Å². The number of hydrogen-bond acceptors (Lipinski definition) is 4. The molecule has 0 aromatic heterocycles. The number of nitrogens with zero attached hydrogens (tertiary/aromatic N) is 1. The van der Waals surface area contributed by atoms with Crippen molar-refractivity contribution in [2.24, 2.45) is 17.3 Å². The van der Waals surface area contributed by atoms with E-state index in [2.05, 4.69) is 31.9 Å². The molecule has 0 N–H and O–H groups in total. The minimum absolute atomic E-state index is 0.0223. The fourth-order valence-electron chi connectivity index (χ4n) is 3.53. The highest BCUT2D eigenvalue weighted by Crippen LogP contribution is 2.60. The molecule has 148 valence electrons. The van der Waals surface area contributed by atoms with E-state index in [-0.39, 0.29) is 23.0 Å². The van der Waals surface area contributed by atoms with E-state index in [0.29, 0.717) is 16.7 Å². The van der Waals surface area contributed by atoms with Crippen LogP contribution in [-0.4, -0.2) is 11.8 Å². The van der Waals surface area contributed by atoms with Crippen LogP contribution < -0.4 is 0 Å². The van der Waals surface area contributed by atoms with Gasteiger partial charge in [0.2, 0.25) is 6.10 Å². The molecule has 2 aromatic rings. The number of rotatable bonds is 6. The minimum atomic E-state index is -1.07. The van der Waals surface area contributed by atoms with Crippen LogP contribution in [0, 0.1) is 28.6 Å². The second-order valence-electron chi connectivity index (χ2n) is 7.55. The number of benzene rings is 2. The van der Waals surface area contributed by atoms with Gasteiger partial charge >= 0.3 is 5.97 Å². The Morgan fingerprint density at radius 2 is 1.76 bits per heavy atom. The largest absolute Gasteiger partial charge is 0.442 e. The van der Waals surface area contributed by atoms with Gasteiger partial charge in [-0.05, 0) is 49.3 Å². The summed E-state index contributed by atoms with van der Waals surface area (Å²) in [6, 6.07) is 17.6. The molecule has 0 spiro atoms. The molecule has 0 radical (unpaired) electrons. The lowest BCUT2D eigenvalue weighted by atomic mass is 9.99. The molecule has 2 aromatic carbocycles. The molecule has 4 nitrogen and oxygen atoms in total. The normalized spacial score (nSPS) is 20.1. The molecule has 3 rings (SSSR count). The summed E-state index contributed by atoms with van der Waals surface area (Å²) < 4.78 is 6.31. The number of carbonyl (C=O) groups excluding carboxylic acids is 2. The van der Waals surface area contributed by atoms with Crippen molar-refractivity contribution in [3.05, 3.63) is 80.8 Å². The topological polar surface area (TPSA) is 67.2 Å². The van der Waals surface area contributed by atoms with Gasteiger partial charge in [0.25, 0.3) is 0 Å². The Labute approximate surface area is 186 Å². The number of ketones is 1. The molecule has 1 fully saturated rings. The van der Waals surface area contributed by atoms with Gasteiger partial charge in [0.15, 0.2) is 5.78 Å². The second kappa shape index (κ2) is 8.64. The molecule has 0 saturated heterocycles. The summed E-state index contributed by atoms with van der Waals surface area (Å²) >= 11 is 6.65. The SMILES string of the molecule is CC1(C)[C@H](C(=O)OC(C#N)c2cccc(C(=O)c3ccccc3)c2)[C@@H]1C=C(Br)Br. The van der Waals surface area contributed by atoms with Crippen LogP contribution in [0.5, 0.6) is 0 Å². The van der Waals surface area contributed by atoms with E-state index in [1.165, 1.54) is 0 Å². The lowest BCUT2D eigenvalue weighted by molar-refractivity contribution is -0.149. The first-order valence-electron chi connectivity index (χ1n) is 9.08. The van der Waals surface area contributed by atoms with Gasteiger partial charge in [-0.25, -0.2) is 0 Å². The molecule has 0 aliphatic heterocycles. The number of nitriles is 1. The molecule has 6 heteroatoms. The Hall–Kier alpha value is -2.23. The number of ether oxygens (including phenoxy) is 1. The van der Waals surface area contributed by atoms with Crippen LogP contribution in [0.1, 0.15) is 41.4 Å². The average molecular weight is 517 g/mol. The highest BCUT2D eigenvalue weighted by atomic mass is 79.9. The van der Waals surface area contributed by atoms with E-state index in [4.69, 9.17) is 4.74 Å². The molecule has 0 heterocycles. The highest BCUT2D eigenvalue weighted by Gasteiger charge is 2.61. The van der Waals surface area contributed by atoms with Crippen molar-refractivity contribution >= 4 is 43.6 Å². The first-order valence-corrected chi connectivity index (χ1v) is 10.7. The molecule has 1 saturated carbocycles. The maximum absolute atomic E-state index is 12.7. The molecule has 0 amide bonds. The Morgan fingerprint density at radius 1 is 1.10 bits per heavy atom. The van der Waals surface area contributed by atoms with E-state index in [1.807, 2.05) is 32.1 Å². The smallest absolute Gasteiger partial charge is 0.311 e. The van der Waals surface area contributed by atoms with Crippen molar-refractivity contribution < 1.29 is 14.3 Å². The van der Waals surface area contributed by atoms with Gasteiger partial charge in [-0.15, -0.1) is 0 Å². The van der Waals surface area contributed by atoms with Gasteiger partial charge in [0.1, 0.15) is 6.07 Å². The van der Waals surface area contributed by atoms with E-state index in [0.717, 1.165) is 3.39 Å². The van der Waals surface area contributed by atoms with Gasteiger partial charge in [0.05, 0.1) is 9.31 Å². The van der Waals surface area contributed by atoms with E-state index in [9.17, 15) is 14.9 Å². The first-order chi connectivity index (χ1) is 13.8. The standard InChI is InChI=1S/C23H19Br2NO3/c1-23(2)17(12-19(24)25)20(23)22(28)29-18(13-26)15-9-6-10-16(11-15)21(27)14-7-4-3-5-8-14/h3-12,17-18,20H,1-2H3/t17-,18?,20-/m0/s1. The van der Waals surface area contributed by atoms with Gasteiger partial charge in [0, 0.05) is 16.7 Å². The predicted octanol–water partition coefficient (Wildman–Crippen LogP) is 5.93. The summed E-state index contributed by atoms with van der Waals surface area (Å²) in [7, 11) is 0. The van der Waals surface area contributed by atoms with Crippen LogP contribution in [0.4, 0.5) is 0 Å². The van der Waals surface area contributed by atoms with Gasteiger partial charge in [-0.2, -0.15) is 5.26 Å². The lowest BCUT2D eigenvalue weighted by Crippen LogP contribution is -2.15. The summed E-state index contributed by atoms with van der Waals surface area (Å²) in [6.07, 6.45) is 0.853. The summed E-state index contributed by atoms with van der Waals surface area (Å²) in [5.41, 5.74) is 1.25. The quantitative estimate of drug-likeness (QED) is 0.352. The van der Waals surface area contributed by atoms with Crippen LogP contribution in [0.2, 0.25) is 0 Å². The monoisotopic (exact) mass is 515 g/mol. The van der Waals surface area contributed by atoms with E-state index >= 15 is 0 Å². The number of carbonyl (C=O) groups is 2. The van der Waals surface area contributed by atoms with Crippen LogP contribution in [0.3, 0.4) is 0 Å². The Balaban J connectivity index is 1.78. The van der Waals surface area contributed by atoms with Crippen molar-refractivity contribution in [1.29, 1.82) is 5.26 Å². The predicted molar refractivity (Wildman–Crippen MR) is 117 cm³/mol. The molecule has 1 aliphatic carbocycles. The Morgan fingerprint density at radius 3 is 2.38 bits per heavy atom. The highest BCUT2D eigenvalue weighted by molar-refractivity contribution is 9.28. The number of halogens is 2. The lowest BCUT2D eigenvalue weighted by Gasteiger charge is -2.13.